The molecule has 50 heavy (non-hydrogen) atoms. The standard InChI is InChI=1S/C15H22N2O3.C10H14N2O.C10H18O5.2H2S/c1-15(2,3)20-14(19)17-9-11-6-4-5-7-13(11)16-8-12(17)10-18;13-7-9-6-12-10-4-2-1-3-8(10)5-11-9;1-9(2,3)14-7(11)13-8(12)15-10(4,5)6;;/h4-7,12,16,18H,8-10H2,1-3H3;1-4,9,11-13H,5-7H2;1-6H3;2*1H2/t12-;9-;;;/m00.../s1. The summed E-state index contributed by atoms with van der Waals surface area (Å²) < 4.78 is 19.2. The van der Waals surface area contributed by atoms with E-state index in [1.165, 1.54) is 11.3 Å². The molecule has 0 saturated carbocycles. The molecule has 0 aromatic heterocycles. The van der Waals surface area contributed by atoms with Crippen molar-refractivity contribution in [3.8, 4) is 0 Å². The third-order valence-corrected chi connectivity index (χ3v) is 6.47. The van der Waals surface area contributed by atoms with Gasteiger partial charge in [-0.3, -0.25) is 4.90 Å². The van der Waals surface area contributed by atoms with Gasteiger partial charge in [-0.25, -0.2) is 14.4 Å². The minimum Gasteiger partial charge on any atom is -0.444 e. The minimum absolute atomic E-state index is 0. The van der Waals surface area contributed by atoms with Crippen molar-refractivity contribution in [2.75, 3.05) is 36.9 Å². The highest BCUT2D eigenvalue weighted by Gasteiger charge is 2.30. The smallest absolute Gasteiger partial charge is 0.444 e. The lowest BCUT2D eigenvalue weighted by atomic mass is 10.1. The Hall–Kier alpha value is -3.37. The second-order valence-electron chi connectivity index (χ2n) is 14.3. The van der Waals surface area contributed by atoms with Gasteiger partial charge in [-0.1, -0.05) is 36.4 Å². The molecule has 2 aliphatic rings. The van der Waals surface area contributed by atoms with Crippen molar-refractivity contribution in [3.05, 3.63) is 59.7 Å². The maximum atomic E-state index is 12.3. The average Bonchev–Trinajstić information content (AvgIpc) is 3.29. The van der Waals surface area contributed by atoms with Gasteiger partial charge in [0, 0.05) is 37.1 Å². The van der Waals surface area contributed by atoms with Gasteiger partial charge in [-0.2, -0.15) is 27.0 Å². The Morgan fingerprint density at radius 3 is 1.64 bits per heavy atom. The molecule has 2 aliphatic heterocycles. The van der Waals surface area contributed by atoms with Gasteiger partial charge >= 0.3 is 18.4 Å². The average molecular weight is 743 g/mol. The molecule has 2 aromatic carbocycles. The number of nitrogens with zero attached hydrogens (tertiary/aromatic N) is 1. The molecule has 0 spiro atoms. The molecule has 0 saturated heterocycles. The number of benzene rings is 2. The van der Waals surface area contributed by atoms with Crippen LogP contribution in [-0.4, -0.2) is 88.7 Å². The first-order valence-corrected chi connectivity index (χ1v) is 16.0. The van der Waals surface area contributed by atoms with Crippen molar-refractivity contribution >= 4 is 56.8 Å². The number of ether oxygens (including phenoxy) is 4. The van der Waals surface area contributed by atoms with E-state index in [2.05, 4.69) is 32.8 Å². The number of nitrogens with one attached hydrogen (secondary N) is 3. The number of rotatable bonds is 2. The molecule has 0 aliphatic carbocycles. The van der Waals surface area contributed by atoms with E-state index in [-0.39, 0.29) is 52.3 Å². The zero-order chi connectivity index (χ0) is 36.1. The summed E-state index contributed by atoms with van der Waals surface area (Å²) in [6.07, 6.45) is -2.51. The van der Waals surface area contributed by atoms with Gasteiger partial charge in [0.05, 0.1) is 25.8 Å². The normalized spacial score (nSPS) is 16.7. The molecule has 0 bridgehead atoms. The Labute approximate surface area is 310 Å². The lowest BCUT2D eigenvalue weighted by Gasteiger charge is -2.31. The number of fused-ring (bicyclic) bond motifs is 2. The summed E-state index contributed by atoms with van der Waals surface area (Å²) in [5.74, 6) is 0. The monoisotopic (exact) mass is 742 g/mol. The molecule has 0 unspecified atom stereocenters. The van der Waals surface area contributed by atoms with Crippen molar-refractivity contribution in [3.63, 3.8) is 0 Å². The van der Waals surface area contributed by atoms with Crippen LogP contribution in [0.15, 0.2) is 48.5 Å². The van der Waals surface area contributed by atoms with E-state index >= 15 is 0 Å². The largest absolute Gasteiger partial charge is 0.519 e. The van der Waals surface area contributed by atoms with E-state index in [9.17, 15) is 19.5 Å². The van der Waals surface area contributed by atoms with Gasteiger partial charge < -0.3 is 45.1 Å². The van der Waals surface area contributed by atoms with Crippen LogP contribution in [0.1, 0.15) is 73.4 Å². The summed E-state index contributed by atoms with van der Waals surface area (Å²) in [6.45, 7) is 18.2. The quantitative estimate of drug-likeness (QED) is 0.141. The maximum Gasteiger partial charge on any atom is 0.519 e. The molecule has 5 N–H and O–H groups in total. The Balaban J connectivity index is 0.000000724. The summed E-state index contributed by atoms with van der Waals surface area (Å²) in [7, 11) is 0. The first-order chi connectivity index (χ1) is 22.3. The van der Waals surface area contributed by atoms with Crippen LogP contribution in [0.5, 0.6) is 0 Å². The molecule has 15 heteroatoms. The van der Waals surface area contributed by atoms with Crippen molar-refractivity contribution in [2.24, 2.45) is 0 Å². The molecule has 0 radical (unpaired) electrons. The van der Waals surface area contributed by atoms with Gasteiger partial charge in [0.15, 0.2) is 0 Å². The summed E-state index contributed by atoms with van der Waals surface area (Å²) in [6, 6.07) is 15.9. The van der Waals surface area contributed by atoms with Crippen LogP contribution in [-0.2, 0) is 32.0 Å². The van der Waals surface area contributed by atoms with E-state index < -0.39 is 35.2 Å². The number of carbonyl (C=O) groups excluding carboxylic acids is 3. The number of aliphatic hydroxyl groups excluding tert-OH is 2. The summed E-state index contributed by atoms with van der Waals surface area (Å²) in [5, 5.41) is 28.4. The van der Waals surface area contributed by atoms with Crippen LogP contribution in [0.4, 0.5) is 25.8 Å². The van der Waals surface area contributed by atoms with Crippen LogP contribution in [0.2, 0.25) is 0 Å². The zero-order valence-corrected chi connectivity index (χ0v) is 32.7. The number of aliphatic hydroxyl groups is 2. The van der Waals surface area contributed by atoms with Gasteiger partial charge in [-0.05, 0) is 85.6 Å². The first-order valence-electron chi connectivity index (χ1n) is 16.0. The summed E-state index contributed by atoms with van der Waals surface area (Å²) in [4.78, 5) is 35.9. The molecule has 4 rings (SSSR count). The van der Waals surface area contributed by atoms with Crippen molar-refractivity contribution in [1.29, 1.82) is 0 Å². The van der Waals surface area contributed by atoms with E-state index in [1.807, 2.05) is 57.2 Å². The predicted molar refractivity (Wildman–Crippen MR) is 205 cm³/mol. The molecule has 2 heterocycles. The number of anilines is 2. The molecular formula is C35H58N4O9S2. The number of amides is 1. The minimum atomic E-state index is -1.06. The second-order valence-corrected chi connectivity index (χ2v) is 14.3. The van der Waals surface area contributed by atoms with Crippen LogP contribution in [0, 0.1) is 0 Å². The Morgan fingerprint density at radius 1 is 0.700 bits per heavy atom. The molecular weight excluding hydrogens is 685 g/mol. The molecule has 284 valence electrons. The van der Waals surface area contributed by atoms with E-state index in [0.29, 0.717) is 13.1 Å². The number of hydrogen-bond acceptors (Lipinski definition) is 12. The predicted octanol–water partition coefficient (Wildman–Crippen LogP) is 5.87. The molecule has 13 nitrogen and oxygen atoms in total. The fraction of sp³-hybridized carbons (Fsp3) is 0.571. The highest BCUT2D eigenvalue weighted by molar-refractivity contribution is 7.59. The zero-order valence-electron chi connectivity index (χ0n) is 30.7. The van der Waals surface area contributed by atoms with Crippen molar-refractivity contribution < 1.29 is 43.5 Å². The number of hydrogen-bond donors (Lipinski definition) is 5. The Bertz CT molecular complexity index is 1290. The first kappa shape index (κ1) is 46.6. The topological polar surface area (TPSA) is 168 Å². The van der Waals surface area contributed by atoms with Crippen LogP contribution in [0.3, 0.4) is 0 Å². The van der Waals surface area contributed by atoms with E-state index in [4.69, 9.17) is 19.3 Å². The highest BCUT2D eigenvalue weighted by Crippen LogP contribution is 2.24. The summed E-state index contributed by atoms with van der Waals surface area (Å²) >= 11 is 0. The van der Waals surface area contributed by atoms with Crippen LogP contribution < -0.4 is 16.0 Å². The fourth-order valence-electron chi connectivity index (χ4n) is 4.32. The summed E-state index contributed by atoms with van der Waals surface area (Å²) in [5.41, 5.74) is 2.52. The third kappa shape index (κ3) is 18.0. The van der Waals surface area contributed by atoms with Crippen molar-refractivity contribution in [1.82, 2.24) is 10.2 Å². The van der Waals surface area contributed by atoms with E-state index in [0.717, 1.165) is 24.3 Å². The molecule has 2 atom stereocenters. The van der Waals surface area contributed by atoms with Crippen LogP contribution >= 0.6 is 27.0 Å². The van der Waals surface area contributed by atoms with Gasteiger partial charge in [0.2, 0.25) is 0 Å². The lowest BCUT2D eigenvalue weighted by molar-refractivity contribution is -0.0294. The van der Waals surface area contributed by atoms with Gasteiger partial charge in [0.1, 0.15) is 16.8 Å². The lowest BCUT2D eigenvalue weighted by Crippen LogP contribution is -2.46. The molecule has 1 amide bonds. The van der Waals surface area contributed by atoms with Crippen molar-refractivity contribution in [2.45, 2.75) is 104 Å². The van der Waals surface area contributed by atoms with Crippen LogP contribution in [0.25, 0.3) is 0 Å². The third-order valence-electron chi connectivity index (χ3n) is 6.47. The number of carbonyl (C=O) groups is 3. The Morgan fingerprint density at radius 2 is 1.16 bits per heavy atom. The number of para-hydroxylation sites is 2. The molecule has 0 fully saturated rings. The van der Waals surface area contributed by atoms with Gasteiger partial charge in [0.25, 0.3) is 0 Å². The Kier molecular flexibility index (Phi) is 19.7. The highest BCUT2D eigenvalue weighted by atomic mass is 32.1. The maximum absolute atomic E-state index is 12.3. The second kappa shape index (κ2) is 21.1. The fourth-order valence-corrected chi connectivity index (χ4v) is 4.32. The SMILES string of the molecule is CC(C)(C)OC(=O)N1Cc2ccccc2NC[C@H]1CO.CC(C)(C)OC(=O)OC(=O)OC(C)(C)C.OC[C@@H]1CNc2ccccc2CN1.S.S. The van der Waals surface area contributed by atoms with E-state index in [1.54, 1.807) is 46.4 Å². The van der Waals surface area contributed by atoms with Gasteiger partial charge in [-0.15, -0.1) is 0 Å². The molecule has 2 aromatic rings.